The maximum Gasteiger partial charge on any atom is 0.197 e. The van der Waals surface area contributed by atoms with Gasteiger partial charge in [-0.25, -0.2) is 8.78 Å². The third-order valence-electron chi connectivity index (χ3n) is 2.74. The molecule has 2 nitrogen and oxygen atoms in total. The minimum atomic E-state index is -0.957. The molecule has 0 aliphatic rings. The maximum atomic E-state index is 13.7. The molecule has 0 N–H and O–H groups in total. The Kier molecular flexibility index (Phi) is 4.80. The Morgan fingerprint density at radius 2 is 1.81 bits per heavy atom. The standard InChI is InChI=1S/C15H10Cl2F2O2/c1-2-21-14-7-11(16)10(6-12(14)17)15(20)9-4-3-8(18)5-13(9)19/h3-7H,2H2,1H3. The number of carbonyl (C=O) groups is 1. The van der Waals surface area contributed by atoms with Gasteiger partial charge in [-0.1, -0.05) is 23.2 Å². The molecule has 21 heavy (non-hydrogen) atoms. The zero-order valence-corrected chi connectivity index (χ0v) is 12.4. The molecule has 0 saturated carbocycles. The van der Waals surface area contributed by atoms with Gasteiger partial charge < -0.3 is 4.74 Å². The molecule has 2 rings (SSSR count). The van der Waals surface area contributed by atoms with Gasteiger partial charge >= 0.3 is 0 Å². The van der Waals surface area contributed by atoms with Crippen LogP contribution in [0.5, 0.6) is 5.75 Å². The second-order valence-corrected chi connectivity index (χ2v) is 4.96. The summed E-state index contributed by atoms with van der Waals surface area (Å²) in [4.78, 5) is 12.3. The monoisotopic (exact) mass is 330 g/mol. The lowest BCUT2D eigenvalue weighted by Gasteiger charge is -2.10. The molecule has 0 fully saturated rings. The van der Waals surface area contributed by atoms with Gasteiger partial charge in [0.2, 0.25) is 0 Å². The molecule has 0 amide bonds. The summed E-state index contributed by atoms with van der Waals surface area (Å²) in [7, 11) is 0. The van der Waals surface area contributed by atoms with Gasteiger partial charge in [-0.2, -0.15) is 0 Å². The van der Waals surface area contributed by atoms with E-state index in [2.05, 4.69) is 0 Å². The first-order valence-electron chi connectivity index (χ1n) is 6.05. The van der Waals surface area contributed by atoms with E-state index in [0.717, 1.165) is 12.1 Å². The van der Waals surface area contributed by atoms with Crippen LogP contribution >= 0.6 is 23.2 Å². The van der Waals surface area contributed by atoms with E-state index in [1.165, 1.54) is 12.1 Å². The predicted molar refractivity (Wildman–Crippen MR) is 77.4 cm³/mol. The van der Waals surface area contributed by atoms with E-state index < -0.39 is 17.4 Å². The van der Waals surface area contributed by atoms with Gasteiger partial charge in [-0.05, 0) is 25.1 Å². The van der Waals surface area contributed by atoms with Crippen LogP contribution in [0.3, 0.4) is 0 Å². The second-order valence-electron chi connectivity index (χ2n) is 4.15. The van der Waals surface area contributed by atoms with Gasteiger partial charge in [0.05, 0.1) is 22.2 Å². The minimum absolute atomic E-state index is 0.0237. The molecule has 2 aromatic carbocycles. The zero-order valence-electron chi connectivity index (χ0n) is 10.9. The summed E-state index contributed by atoms with van der Waals surface area (Å²) in [5.41, 5.74) is -0.255. The van der Waals surface area contributed by atoms with Crippen LogP contribution in [0, 0.1) is 11.6 Å². The highest BCUT2D eigenvalue weighted by Crippen LogP contribution is 2.32. The van der Waals surface area contributed by atoms with E-state index in [1.54, 1.807) is 6.92 Å². The number of benzene rings is 2. The van der Waals surface area contributed by atoms with Gasteiger partial charge in [-0.3, -0.25) is 4.79 Å². The van der Waals surface area contributed by atoms with Crippen LogP contribution in [0.4, 0.5) is 8.78 Å². The summed E-state index contributed by atoms with van der Waals surface area (Å²) in [5, 5.41) is 0.267. The summed E-state index contributed by atoms with van der Waals surface area (Å²) in [6.07, 6.45) is 0. The Morgan fingerprint density at radius 1 is 1.10 bits per heavy atom. The number of ether oxygens (including phenoxy) is 1. The van der Waals surface area contributed by atoms with Crippen molar-refractivity contribution in [1.82, 2.24) is 0 Å². The van der Waals surface area contributed by atoms with E-state index in [1.807, 2.05) is 0 Å². The van der Waals surface area contributed by atoms with Crippen molar-refractivity contribution in [1.29, 1.82) is 0 Å². The van der Waals surface area contributed by atoms with E-state index in [4.69, 9.17) is 27.9 Å². The molecule has 0 saturated heterocycles. The molecule has 2 aromatic rings. The molecule has 0 radical (unpaired) electrons. The van der Waals surface area contributed by atoms with Gasteiger partial charge in [-0.15, -0.1) is 0 Å². The normalized spacial score (nSPS) is 10.5. The van der Waals surface area contributed by atoms with Crippen LogP contribution < -0.4 is 4.74 Å². The van der Waals surface area contributed by atoms with Crippen LogP contribution in [0.15, 0.2) is 30.3 Å². The Labute approximate surface area is 130 Å². The molecule has 0 aliphatic heterocycles. The summed E-state index contributed by atoms with van der Waals surface area (Å²) in [6, 6.07) is 5.40. The molecular formula is C15H10Cl2F2O2. The van der Waals surface area contributed by atoms with Gasteiger partial charge in [0.25, 0.3) is 0 Å². The van der Waals surface area contributed by atoms with Crippen molar-refractivity contribution in [2.75, 3.05) is 6.61 Å². The highest BCUT2D eigenvalue weighted by atomic mass is 35.5. The number of carbonyl (C=O) groups excluding carboxylic acids is 1. The van der Waals surface area contributed by atoms with Crippen LogP contribution in [-0.4, -0.2) is 12.4 Å². The smallest absolute Gasteiger partial charge is 0.197 e. The van der Waals surface area contributed by atoms with Crippen molar-refractivity contribution in [3.05, 3.63) is 63.1 Å². The molecule has 0 unspecified atom stereocenters. The molecule has 0 aromatic heterocycles. The maximum absolute atomic E-state index is 13.7. The van der Waals surface area contributed by atoms with Crippen LogP contribution in [0.2, 0.25) is 10.0 Å². The van der Waals surface area contributed by atoms with Gasteiger partial charge in [0.15, 0.2) is 5.78 Å². The molecule has 110 valence electrons. The third kappa shape index (κ3) is 3.34. The molecule has 0 heterocycles. The summed E-state index contributed by atoms with van der Waals surface area (Å²) in [6.45, 7) is 2.16. The lowest BCUT2D eigenvalue weighted by Crippen LogP contribution is -2.06. The zero-order chi connectivity index (χ0) is 15.6. The largest absolute Gasteiger partial charge is 0.492 e. The van der Waals surface area contributed by atoms with Crippen LogP contribution in [0.1, 0.15) is 22.8 Å². The summed E-state index contributed by atoms with van der Waals surface area (Å²) < 4.78 is 31.8. The number of ketones is 1. The lowest BCUT2D eigenvalue weighted by molar-refractivity contribution is 0.103. The van der Waals surface area contributed by atoms with E-state index in [0.29, 0.717) is 18.4 Å². The number of hydrogen-bond donors (Lipinski definition) is 0. The van der Waals surface area contributed by atoms with Crippen molar-refractivity contribution < 1.29 is 18.3 Å². The predicted octanol–water partition coefficient (Wildman–Crippen LogP) is 4.90. The van der Waals surface area contributed by atoms with Gasteiger partial charge in [0.1, 0.15) is 17.4 Å². The molecule has 0 aliphatic carbocycles. The second kappa shape index (κ2) is 6.41. The SMILES string of the molecule is CCOc1cc(Cl)c(C(=O)c2ccc(F)cc2F)cc1Cl. The fourth-order valence-corrected chi connectivity index (χ4v) is 2.25. The first-order valence-corrected chi connectivity index (χ1v) is 6.81. The Hall–Kier alpha value is -1.65. The van der Waals surface area contributed by atoms with Crippen LogP contribution in [-0.2, 0) is 0 Å². The molecule has 6 heteroatoms. The highest BCUT2D eigenvalue weighted by molar-refractivity contribution is 6.37. The Bertz CT molecular complexity index is 702. The fraction of sp³-hybridized carbons (Fsp3) is 0.133. The molecule has 0 spiro atoms. The topological polar surface area (TPSA) is 26.3 Å². The average molecular weight is 331 g/mol. The molecular weight excluding hydrogens is 321 g/mol. The Balaban J connectivity index is 2.46. The van der Waals surface area contributed by atoms with Crippen molar-refractivity contribution >= 4 is 29.0 Å². The average Bonchev–Trinajstić information content (AvgIpc) is 2.42. The third-order valence-corrected chi connectivity index (χ3v) is 3.35. The first kappa shape index (κ1) is 15.7. The quantitative estimate of drug-likeness (QED) is 0.745. The summed E-state index contributed by atoms with van der Waals surface area (Å²) in [5.74, 6) is -2.07. The number of rotatable bonds is 4. The van der Waals surface area contributed by atoms with Crippen molar-refractivity contribution in [3.8, 4) is 5.75 Å². The van der Waals surface area contributed by atoms with Crippen molar-refractivity contribution in [3.63, 3.8) is 0 Å². The van der Waals surface area contributed by atoms with Crippen molar-refractivity contribution in [2.45, 2.75) is 6.92 Å². The summed E-state index contributed by atoms with van der Waals surface area (Å²) >= 11 is 12.0. The van der Waals surface area contributed by atoms with Crippen LogP contribution in [0.25, 0.3) is 0 Å². The fourth-order valence-electron chi connectivity index (χ4n) is 1.79. The number of hydrogen-bond acceptors (Lipinski definition) is 2. The van der Waals surface area contributed by atoms with E-state index >= 15 is 0 Å². The molecule has 0 bridgehead atoms. The Morgan fingerprint density at radius 3 is 2.43 bits per heavy atom. The van der Waals surface area contributed by atoms with E-state index in [9.17, 15) is 13.6 Å². The van der Waals surface area contributed by atoms with E-state index in [-0.39, 0.29) is 21.2 Å². The first-order chi connectivity index (χ1) is 9.93. The number of halogens is 4. The van der Waals surface area contributed by atoms with Gasteiger partial charge in [0, 0.05) is 17.7 Å². The minimum Gasteiger partial charge on any atom is -0.492 e. The van der Waals surface area contributed by atoms with Crippen molar-refractivity contribution in [2.24, 2.45) is 0 Å². The molecule has 0 atom stereocenters. The highest BCUT2D eigenvalue weighted by Gasteiger charge is 2.19. The lowest BCUT2D eigenvalue weighted by atomic mass is 10.0.